The molecule has 1 fully saturated rings. The van der Waals surface area contributed by atoms with E-state index in [0.717, 1.165) is 22.3 Å². The Labute approximate surface area is 198 Å². The predicted octanol–water partition coefficient (Wildman–Crippen LogP) is 3.40. The van der Waals surface area contributed by atoms with Crippen LogP contribution in [0.25, 0.3) is 11.1 Å². The molecule has 2 aromatic carbocycles. The number of alkyl carbamates (subject to hydrolysis) is 1. The molecule has 0 bridgehead atoms. The average molecular weight is 467 g/mol. The molecule has 4 rings (SSSR count). The summed E-state index contributed by atoms with van der Waals surface area (Å²) in [5, 5.41) is 12.2. The Balaban J connectivity index is 1.31. The van der Waals surface area contributed by atoms with E-state index < -0.39 is 23.7 Å². The molecule has 8 heteroatoms. The average Bonchev–Trinajstić information content (AvgIpc) is 3.16. The van der Waals surface area contributed by atoms with Crippen LogP contribution in [0, 0.1) is 0 Å². The Kier molecular flexibility index (Phi) is 6.88. The highest BCUT2D eigenvalue weighted by atomic mass is 16.5. The first-order chi connectivity index (χ1) is 16.3. The molecule has 34 heavy (non-hydrogen) atoms. The summed E-state index contributed by atoms with van der Waals surface area (Å²) in [6.07, 6.45) is 0.359. The van der Waals surface area contributed by atoms with Crippen molar-refractivity contribution in [3.63, 3.8) is 0 Å². The van der Waals surface area contributed by atoms with Crippen LogP contribution in [-0.4, -0.2) is 66.4 Å². The van der Waals surface area contributed by atoms with E-state index in [-0.39, 0.29) is 31.4 Å². The smallest absolute Gasteiger partial charge is 0.407 e. The molecule has 0 spiro atoms. The SMILES string of the molecule is COC1(C(=O)O)CCCN(C(=O)C[C@H](C)NC(=O)OCC2c3ccccc3-c3ccccc32)C1. The number of methoxy groups -OCH3 is 1. The maximum atomic E-state index is 12.7. The van der Waals surface area contributed by atoms with Gasteiger partial charge in [-0.25, -0.2) is 9.59 Å². The molecule has 180 valence electrons. The number of carbonyl (C=O) groups excluding carboxylic acids is 2. The van der Waals surface area contributed by atoms with Crippen molar-refractivity contribution in [3.8, 4) is 11.1 Å². The van der Waals surface area contributed by atoms with Gasteiger partial charge in [0.05, 0.1) is 6.54 Å². The fourth-order valence-electron chi connectivity index (χ4n) is 4.95. The topological polar surface area (TPSA) is 105 Å². The minimum Gasteiger partial charge on any atom is -0.479 e. The molecule has 1 aliphatic heterocycles. The Morgan fingerprint density at radius 2 is 1.74 bits per heavy atom. The van der Waals surface area contributed by atoms with Crippen molar-refractivity contribution < 1.29 is 29.0 Å². The van der Waals surface area contributed by atoms with Crippen LogP contribution < -0.4 is 5.32 Å². The molecule has 1 aliphatic carbocycles. The third-order valence-electron chi connectivity index (χ3n) is 6.78. The minimum absolute atomic E-state index is 0.00463. The van der Waals surface area contributed by atoms with Gasteiger partial charge >= 0.3 is 12.1 Å². The van der Waals surface area contributed by atoms with Gasteiger partial charge in [0.25, 0.3) is 0 Å². The highest BCUT2D eigenvalue weighted by Gasteiger charge is 2.44. The van der Waals surface area contributed by atoms with Gasteiger partial charge in [0.2, 0.25) is 5.91 Å². The van der Waals surface area contributed by atoms with Crippen LogP contribution >= 0.6 is 0 Å². The zero-order chi connectivity index (χ0) is 24.3. The standard InChI is InChI=1S/C26H30N2O6/c1-17(14-23(29)28-13-7-12-26(16-28,33-2)24(30)31)27-25(32)34-15-22-20-10-5-3-8-18(20)19-9-4-6-11-21(19)22/h3-6,8-11,17,22H,7,12-16H2,1-2H3,(H,27,32)(H,30,31)/t17-,26?/m0/s1. The van der Waals surface area contributed by atoms with Crippen LogP contribution in [0.5, 0.6) is 0 Å². The van der Waals surface area contributed by atoms with Crippen molar-refractivity contribution in [2.45, 2.75) is 43.7 Å². The third-order valence-corrected chi connectivity index (χ3v) is 6.78. The summed E-state index contributed by atoms with van der Waals surface area (Å²) >= 11 is 0. The van der Waals surface area contributed by atoms with Gasteiger partial charge in [-0.2, -0.15) is 0 Å². The number of amides is 2. The number of carboxylic acid groups (broad SMARTS) is 1. The summed E-state index contributed by atoms with van der Waals surface area (Å²) in [6.45, 7) is 2.38. The number of ether oxygens (including phenoxy) is 2. The summed E-state index contributed by atoms with van der Waals surface area (Å²) in [5.74, 6) is -1.34. The third kappa shape index (κ3) is 4.63. The number of carboxylic acids is 1. The predicted molar refractivity (Wildman–Crippen MR) is 125 cm³/mol. The zero-order valence-corrected chi connectivity index (χ0v) is 19.5. The molecule has 0 aromatic heterocycles. The summed E-state index contributed by atoms with van der Waals surface area (Å²) in [4.78, 5) is 38.4. The molecular formula is C26H30N2O6. The van der Waals surface area contributed by atoms with Crippen LogP contribution in [0.1, 0.15) is 43.2 Å². The van der Waals surface area contributed by atoms with Crippen molar-refractivity contribution in [1.29, 1.82) is 0 Å². The zero-order valence-electron chi connectivity index (χ0n) is 19.5. The van der Waals surface area contributed by atoms with Gasteiger partial charge in [-0.05, 0) is 42.0 Å². The van der Waals surface area contributed by atoms with Crippen molar-refractivity contribution in [1.82, 2.24) is 10.2 Å². The molecule has 0 radical (unpaired) electrons. The second-order valence-electron chi connectivity index (χ2n) is 9.00. The Bertz CT molecular complexity index is 1040. The molecule has 0 saturated carbocycles. The largest absolute Gasteiger partial charge is 0.479 e. The number of fused-ring (bicyclic) bond motifs is 3. The Morgan fingerprint density at radius 3 is 2.32 bits per heavy atom. The Morgan fingerprint density at radius 1 is 1.12 bits per heavy atom. The second kappa shape index (κ2) is 9.85. The lowest BCUT2D eigenvalue weighted by molar-refractivity contribution is -0.171. The van der Waals surface area contributed by atoms with Crippen LogP contribution in [0.15, 0.2) is 48.5 Å². The van der Waals surface area contributed by atoms with Crippen LogP contribution in [-0.2, 0) is 19.1 Å². The van der Waals surface area contributed by atoms with Gasteiger partial charge in [0.1, 0.15) is 6.61 Å². The van der Waals surface area contributed by atoms with Gasteiger partial charge in [-0.15, -0.1) is 0 Å². The van der Waals surface area contributed by atoms with E-state index in [1.54, 1.807) is 6.92 Å². The lowest BCUT2D eigenvalue weighted by Gasteiger charge is -2.39. The first kappa shape index (κ1) is 23.8. The normalized spacial score (nSPS) is 20.2. The molecule has 2 amide bonds. The number of rotatable bonds is 7. The number of hydrogen-bond acceptors (Lipinski definition) is 5. The second-order valence-corrected chi connectivity index (χ2v) is 9.00. The number of nitrogens with one attached hydrogen (secondary N) is 1. The molecule has 2 atom stereocenters. The summed E-state index contributed by atoms with van der Waals surface area (Å²) in [5.41, 5.74) is 3.19. The number of likely N-dealkylation sites (tertiary alicyclic amines) is 1. The van der Waals surface area contributed by atoms with E-state index in [4.69, 9.17) is 9.47 Å². The monoisotopic (exact) mass is 466 g/mol. The number of nitrogens with zero attached hydrogens (tertiary/aromatic N) is 1. The summed E-state index contributed by atoms with van der Waals surface area (Å²) in [6, 6.07) is 15.8. The summed E-state index contributed by atoms with van der Waals surface area (Å²) in [7, 11) is 1.35. The van der Waals surface area contributed by atoms with E-state index in [9.17, 15) is 19.5 Å². The number of benzene rings is 2. The van der Waals surface area contributed by atoms with Gasteiger partial charge < -0.3 is 24.8 Å². The summed E-state index contributed by atoms with van der Waals surface area (Å²) < 4.78 is 10.8. The van der Waals surface area contributed by atoms with Crippen LogP contribution in [0.3, 0.4) is 0 Å². The highest BCUT2D eigenvalue weighted by molar-refractivity contribution is 5.82. The van der Waals surface area contributed by atoms with Crippen molar-refractivity contribution in [3.05, 3.63) is 59.7 Å². The number of hydrogen-bond donors (Lipinski definition) is 2. The molecule has 2 N–H and O–H groups in total. The van der Waals surface area contributed by atoms with Gasteiger partial charge in [0, 0.05) is 32.0 Å². The molecule has 2 aromatic rings. The van der Waals surface area contributed by atoms with Gasteiger partial charge in [-0.1, -0.05) is 48.5 Å². The molecule has 1 saturated heterocycles. The first-order valence-corrected chi connectivity index (χ1v) is 11.5. The van der Waals surface area contributed by atoms with Crippen molar-refractivity contribution in [2.75, 3.05) is 26.8 Å². The molecule has 1 heterocycles. The fourth-order valence-corrected chi connectivity index (χ4v) is 4.95. The van der Waals surface area contributed by atoms with E-state index >= 15 is 0 Å². The van der Waals surface area contributed by atoms with E-state index in [0.29, 0.717) is 19.4 Å². The van der Waals surface area contributed by atoms with E-state index in [2.05, 4.69) is 29.6 Å². The molecule has 2 aliphatic rings. The maximum absolute atomic E-state index is 12.7. The minimum atomic E-state index is -1.38. The van der Waals surface area contributed by atoms with Crippen LogP contribution in [0.4, 0.5) is 4.79 Å². The molecular weight excluding hydrogens is 436 g/mol. The maximum Gasteiger partial charge on any atom is 0.407 e. The van der Waals surface area contributed by atoms with Crippen molar-refractivity contribution >= 4 is 18.0 Å². The van der Waals surface area contributed by atoms with Crippen LogP contribution in [0.2, 0.25) is 0 Å². The number of carbonyl (C=O) groups is 3. The van der Waals surface area contributed by atoms with Gasteiger partial charge in [0.15, 0.2) is 5.60 Å². The number of piperidine rings is 1. The van der Waals surface area contributed by atoms with Crippen molar-refractivity contribution in [2.24, 2.45) is 0 Å². The lowest BCUT2D eigenvalue weighted by atomic mass is 9.92. The molecule has 8 nitrogen and oxygen atoms in total. The highest BCUT2D eigenvalue weighted by Crippen LogP contribution is 2.44. The van der Waals surface area contributed by atoms with Gasteiger partial charge in [-0.3, -0.25) is 4.79 Å². The Hall–Kier alpha value is -3.39. The first-order valence-electron chi connectivity index (χ1n) is 11.5. The number of aliphatic carboxylic acids is 1. The lowest BCUT2D eigenvalue weighted by Crippen LogP contribution is -2.56. The molecule has 1 unspecified atom stereocenters. The fraction of sp³-hybridized carbons (Fsp3) is 0.423. The quantitative estimate of drug-likeness (QED) is 0.648. The van der Waals surface area contributed by atoms with E-state index in [1.165, 1.54) is 12.0 Å². The van der Waals surface area contributed by atoms with E-state index in [1.807, 2.05) is 24.3 Å².